The number of phenolic OH excluding ortho intramolecular Hbond substituents is 1. The Morgan fingerprint density at radius 1 is 1.00 bits per heavy atom. The summed E-state index contributed by atoms with van der Waals surface area (Å²) in [4.78, 5) is 35.2. The maximum absolute atomic E-state index is 14.1. The number of nitrogens with zero attached hydrogens (tertiary/aromatic N) is 1. The first-order valence-electron chi connectivity index (χ1n) is 11.8. The molecule has 1 atom stereocenters. The fourth-order valence-electron chi connectivity index (χ4n) is 3.97. The van der Waals surface area contributed by atoms with Crippen LogP contribution in [0.1, 0.15) is 39.4 Å². The fourth-order valence-corrected chi connectivity index (χ4v) is 3.97. The number of halogens is 3. The minimum Gasteiger partial charge on any atom is -0.502 e. The summed E-state index contributed by atoms with van der Waals surface area (Å²) in [5.41, 5.74) is 4.90. The third kappa shape index (κ3) is 5.90. The van der Waals surface area contributed by atoms with Crippen molar-refractivity contribution in [3.63, 3.8) is 0 Å². The predicted octanol–water partition coefficient (Wildman–Crippen LogP) is 5.23. The smallest absolute Gasteiger partial charge is 0.311 e. The minimum atomic E-state index is -1.63. The van der Waals surface area contributed by atoms with Crippen molar-refractivity contribution in [3.05, 3.63) is 105 Å². The molecule has 0 saturated heterocycles. The van der Waals surface area contributed by atoms with E-state index in [-0.39, 0.29) is 16.9 Å². The maximum atomic E-state index is 14.1. The highest BCUT2D eigenvalue weighted by Crippen LogP contribution is 2.34. The van der Waals surface area contributed by atoms with E-state index in [0.29, 0.717) is 16.8 Å². The molecular weight excluding hydrogens is 549 g/mol. The van der Waals surface area contributed by atoms with Crippen molar-refractivity contribution < 1.29 is 41.9 Å². The number of benzene rings is 3. The number of phenols is 1. The van der Waals surface area contributed by atoms with Gasteiger partial charge < -0.3 is 19.6 Å². The van der Waals surface area contributed by atoms with Gasteiger partial charge in [0.1, 0.15) is 0 Å². The molecule has 3 aromatic carbocycles. The third-order valence-corrected chi connectivity index (χ3v) is 5.99. The topological polar surface area (TPSA) is 156 Å². The molecule has 1 heterocycles. The Morgan fingerprint density at radius 2 is 1.68 bits per heavy atom. The van der Waals surface area contributed by atoms with E-state index < -0.39 is 57.4 Å². The molecule has 0 bridgehead atoms. The van der Waals surface area contributed by atoms with Crippen LogP contribution >= 0.6 is 0 Å². The lowest BCUT2D eigenvalue weighted by atomic mass is 10.0. The third-order valence-electron chi connectivity index (χ3n) is 5.99. The number of aromatic hydroxyl groups is 1. The van der Waals surface area contributed by atoms with E-state index in [4.69, 9.17) is 9.15 Å². The quantitative estimate of drug-likeness (QED) is 0.127. The fraction of sp³-hybridized carbons (Fsp3) is 0.111. The second-order valence-corrected chi connectivity index (χ2v) is 8.58. The molecule has 2 amide bonds. The Kier molecular flexibility index (Phi) is 8.12. The molecule has 0 radical (unpaired) electrons. The van der Waals surface area contributed by atoms with Crippen LogP contribution in [-0.2, 0) is 0 Å². The van der Waals surface area contributed by atoms with Gasteiger partial charge in [-0.05, 0) is 48.9 Å². The van der Waals surface area contributed by atoms with Crippen LogP contribution in [0.3, 0.4) is 0 Å². The highest BCUT2D eigenvalue weighted by molar-refractivity contribution is 6.01. The summed E-state index contributed by atoms with van der Waals surface area (Å²) >= 11 is 0. The monoisotopic (exact) mass is 570 g/mol. The van der Waals surface area contributed by atoms with E-state index >= 15 is 0 Å². The molecule has 0 fully saturated rings. The molecule has 212 valence electrons. The molecule has 14 heteroatoms. The summed E-state index contributed by atoms with van der Waals surface area (Å²) in [6.45, 7) is 1.60. The normalized spacial score (nSPS) is 11.4. The van der Waals surface area contributed by atoms with E-state index in [1.54, 1.807) is 31.2 Å². The Morgan fingerprint density at radius 3 is 2.34 bits per heavy atom. The van der Waals surface area contributed by atoms with Gasteiger partial charge >= 0.3 is 11.6 Å². The molecule has 4 N–H and O–H groups in total. The molecule has 0 aliphatic heterocycles. The van der Waals surface area contributed by atoms with Crippen LogP contribution in [0.4, 0.5) is 24.5 Å². The first-order valence-corrected chi connectivity index (χ1v) is 11.8. The van der Waals surface area contributed by atoms with E-state index in [1.807, 2.05) is 0 Å². The van der Waals surface area contributed by atoms with Crippen LogP contribution in [0.15, 0.2) is 65.3 Å². The number of rotatable bonds is 8. The molecule has 0 spiro atoms. The Hall–Kier alpha value is -5.53. The molecular formula is C27H21F3N4O7. The highest BCUT2D eigenvalue weighted by Gasteiger charge is 2.23. The summed E-state index contributed by atoms with van der Waals surface area (Å²) in [5, 5.41) is 23.5. The number of furan rings is 1. The van der Waals surface area contributed by atoms with Crippen molar-refractivity contribution >= 4 is 23.2 Å². The van der Waals surface area contributed by atoms with Crippen molar-refractivity contribution in [1.29, 1.82) is 0 Å². The number of nitro groups is 1. The number of carbonyl (C=O) groups excluding carboxylic acids is 2. The number of amides is 2. The summed E-state index contributed by atoms with van der Waals surface area (Å²) in [6.07, 6.45) is 1.26. The van der Waals surface area contributed by atoms with Gasteiger partial charge in [-0.1, -0.05) is 12.1 Å². The maximum Gasteiger partial charge on any atom is 0.311 e. The number of anilines is 1. The molecule has 0 aliphatic carbocycles. The number of nitrogens with one attached hydrogen (secondary N) is 3. The number of nitro benzene ring substituents is 1. The largest absolute Gasteiger partial charge is 0.502 e. The number of carbonyl (C=O) groups is 2. The van der Waals surface area contributed by atoms with Crippen molar-refractivity contribution in [2.75, 3.05) is 12.4 Å². The van der Waals surface area contributed by atoms with Crippen LogP contribution in [-0.4, -0.2) is 29.0 Å². The molecule has 0 saturated carbocycles. The number of hydrogen-bond donors (Lipinski definition) is 4. The molecule has 4 rings (SSSR count). The summed E-state index contributed by atoms with van der Waals surface area (Å²) in [7, 11) is 1.14. The van der Waals surface area contributed by atoms with Crippen LogP contribution in [0.2, 0.25) is 0 Å². The first kappa shape index (κ1) is 28.5. The summed E-state index contributed by atoms with van der Waals surface area (Å²) in [6, 6.07) is 11.2. The minimum absolute atomic E-state index is 0.0609. The molecule has 1 unspecified atom stereocenters. The van der Waals surface area contributed by atoms with Crippen LogP contribution in [0.5, 0.6) is 11.5 Å². The van der Waals surface area contributed by atoms with E-state index in [0.717, 1.165) is 31.4 Å². The van der Waals surface area contributed by atoms with Gasteiger partial charge in [-0.25, -0.2) is 8.78 Å². The SMILES string of the molecule is COc1c(C(C)Nc2ccc(-c3ccoc3C(=O)NNC(=O)c3ccc(O)c([N+](=O)[O-])c3)cc2)cc(F)c(F)c1F. The molecule has 0 aliphatic rings. The highest BCUT2D eigenvalue weighted by atomic mass is 19.2. The molecule has 41 heavy (non-hydrogen) atoms. The van der Waals surface area contributed by atoms with Crippen LogP contribution < -0.4 is 20.9 Å². The van der Waals surface area contributed by atoms with Crippen molar-refractivity contribution in [2.24, 2.45) is 0 Å². The lowest BCUT2D eigenvalue weighted by molar-refractivity contribution is -0.385. The van der Waals surface area contributed by atoms with Gasteiger partial charge in [0, 0.05) is 28.4 Å². The second-order valence-electron chi connectivity index (χ2n) is 8.58. The Balaban J connectivity index is 1.45. The van der Waals surface area contributed by atoms with Crippen molar-refractivity contribution in [1.82, 2.24) is 10.9 Å². The first-order chi connectivity index (χ1) is 19.5. The van der Waals surface area contributed by atoms with Gasteiger partial charge in [0.05, 0.1) is 24.3 Å². The zero-order valence-electron chi connectivity index (χ0n) is 21.3. The number of ether oxygens (including phenoxy) is 1. The van der Waals surface area contributed by atoms with Gasteiger partial charge in [-0.15, -0.1) is 0 Å². The Labute approximate surface area is 229 Å². The summed E-state index contributed by atoms with van der Waals surface area (Å²) in [5.74, 6) is -7.32. The standard InChI is InChI=1S/C27H21F3N4O7/c1-13(18-12-19(28)22(29)23(30)24(18)40-2)31-16-6-3-14(4-7-16)17-9-10-41-25(17)27(37)33-32-26(36)15-5-8-21(35)20(11-15)34(38)39/h3-13,31,35H,1-2H3,(H,32,36)(H,33,37). The second kappa shape index (κ2) is 11.7. The van der Waals surface area contributed by atoms with Crippen molar-refractivity contribution in [2.45, 2.75) is 13.0 Å². The lowest BCUT2D eigenvalue weighted by Gasteiger charge is -2.19. The zero-order chi connectivity index (χ0) is 29.8. The van der Waals surface area contributed by atoms with Gasteiger partial charge in [-0.2, -0.15) is 4.39 Å². The molecule has 1 aromatic heterocycles. The summed E-state index contributed by atoms with van der Waals surface area (Å²) < 4.78 is 51.7. The number of methoxy groups -OCH3 is 1. The van der Waals surface area contributed by atoms with E-state index in [9.17, 15) is 38.0 Å². The van der Waals surface area contributed by atoms with Gasteiger partial charge in [-0.3, -0.25) is 30.6 Å². The van der Waals surface area contributed by atoms with Crippen LogP contribution in [0, 0.1) is 27.6 Å². The average molecular weight is 570 g/mol. The number of hydrogen-bond acceptors (Lipinski definition) is 8. The lowest BCUT2D eigenvalue weighted by Crippen LogP contribution is -2.41. The number of hydrazine groups is 1. The van der Waals surface area contributed by atoms with E-state index in [1.165, 1.54) is 12.3 Å². The Bertz CT molecular complexity index is 1640. The molecule has 11 nitrogen and oxygen atoms in total. The molecule has 4 aromatic rings. The van der Waals surface area contributed by atoms with Gasteiger partial charge in [0.2, 0.25) is 11.6 Å². The average Bonchev–Trinajstić information content (AvgIpc) is 3.45. The van der Waals surface area contributed by atoms with Gasteiger partial charge in [0.25, 0.3) is 5.91 Å². The predicted molar refractivity (Wildman–Crippen MR) is 139 cm³/mol. The van der Waals surface area contributed by atoms with Crippen molar-refractivity contribution in [3.8, 4) is 22.6 Å². The van der Waals surface area contributed by atoms with Crippen LogP contribution in [0.25, 0.3) is 11.1 Å². The zero-order valence-corrected chi connectivity index (χ0v) is 21.3. The van der Waals surface area contributed by atoms with E-state index in [2.05, 4.69) is 16.2 Å². The van der Waals surface area contributed by atoms with Gasteiger partial charge in [0.15, 0.2) is 23.1 Å².